The summed E-state index contributed by atoms with van der Waals surface area (Å²) >= 11 is 0. The standard InChI is InChI=1S/C18H27N5O2/c1-5-13(4)15(24)11-19-18(25)16(12(2)3)23-21-17(20-22-23)14-9-7-6-8-10-14/h6-10,12-13,15-16,24H,5,11H2,1-4H3,(H,19,25). The SMILES string of the molecule is CCC(C)C(O)CNC(=O)C(C(C)C)n1nnc(-c2ccccc2)n1. The molecule has 0 aliphatic carbocycles. The van der Waals surface area contributed by atoms with E-state index in [1.165, 1.54) is 4.80 Å². The van der Waals surface area contributed by atoms with Gasteiger partial charge in [-0.2, -0.15) is 4.80 Å². The number of nitrogens with zero attached hydrogens (tertiary/aromatic N) is 4. The van der Waals surface area contributed by atoms with Gasteiger partial charge in [-0.25, -0.2) is 0 Å². The van der Waals surface area contributed by atoms with Crippen molar-refractivity contribution in [1.29, 1.82) is 0 Å². The summed E-state index contributed by atoms with van der Waals surface area (Å²) in [6.45, 7) is 8.05. The van der Waals surface area contributed by atoms with Crippen molar-refractivity contribution in [1.82, 2.24) is 25.5 Å². The van der Waals surface area contributed by atoms with Crippen LogP contribution in [0.2, 0.25) is 0 Å². The molecule has 0 radical (unpaired) electrons. The lowest BCUT2D eigenvalue weighted by Gasteiger charge is -2.22. The van der Waals surface area contributed by atoms with E-state index in [0.29, 0.717) is 5.82 Å². The summed E-state index contributed by atoms with van der Waals surface area (Å²) in [5.74, 6) is 0.388. The third-order valence-electron chi connectivity index (χ3n) is 4.40. The Morgan fingerprint density at radius 1 is 1.24 bits per heavy atom. The number of tetrazole rings is 1. The molecule has 25 heavy (non-hydrogen) atoms. The van der Waals surface area contributed by atoms with E-state index in [-0.39, 0.29) is 24.3 Å². The number of aliphatic hydroxyl groups excluding tert-OH is 1. The van der Waals surface area contributed by atoms with Crippen molar-refractivity contribution < 1.29 is 9.90 Å². The van der Waals surface area contributed by atoms with E-state index >= 15 is 0 Å². The first-order chi connectivity index (χ1) is 11.9. The molecule has 7 heteroatoms. The number of carbonyl (C=O) groups excluding carboxylic acids is 1. The molecule has 1 aromatic carbocycles. The summed E-state index contributed by atoms with van der Waals surface area (Å²) in [7, 11) is 0. The van der Waals surface area contributed by atoms with Gasteiger partial charge in [0.1, 0.15) is 0 Å². The Hall–Kier alpha value is -2.28. The van der Waals surface area contributed by atoms with Crippen LogP contribution in [-0.4, -0.2) is 43.9 Å². The number of benzene rings is 1. The van der Waals surface area contributed by atoms with Gasteiger partial charge in [-0.3, -0.25) is 4.79 Å². The number of hydrogen-bond acceptors (Lipinski definition) is 5. The van der Waals surface area contributed by atoms with Crippen LogP contribution >= 0.6 is 0 Å². The van der Waals surface area contributed by atoms with E-state index in [1.807, 2.05) is 58.0 Å². The van der Waals surface area contributed by atoms with Crippen molar-refractivity contribution in [3.63, 3.8) is 0 Å². The minimum Gasteiger partial charge on any atom is -0.391 e. The van der Waals surface area contributed by atoms with Gasteiger partial charge >= 0.3 is 0 Å². The molecule has 0 aliphatic rings. The first kappa shape index (κ1) is 19.1. The summed E-state index contributed by atoms with van der Waals surface area (Å²) in [6, 6.07) is 8.94. The Balaban J connectivity index is 2.10. The van der Waals surface area contributed by atoms with Gasteiger partial charge in [0.2, 0.25) is 11.7 Å². The highest BCUT2D eigenvalue weighted by Gasteiger charge is 2.27. The minimum absolute atomic E-state index is 0.0152. The van der Waals surface area contributed by atoms with Gasteiger partial charge in [-0.05, 0) is 17.0 Å². The van der Waals surface area contributed by atoms with E-state index in [0.717, 1.165) is 12.0 Å². The van der Waals surface area contributed by atoms with Crippen LogP contribution < -0.4 is 5.32 Å². The highest BCUT2D eigenvalue weighted by Crippen LogP contribution is 2.19. The Bertz CT molecular complexity index is 671. The second kappa shape index (κ2) is 8.71. The second-order valence-corrected chi connectivity index (χ2v) is 6.69. The molecule has 136 valence electrons. The van der Waals surface area contributed by atoms with Gasteiger partial charge in [0.05, 0.1) is 6.10 Å². The van der Waals surface area contributed by atoms with Crippen molar-refractivity contribution >= 4 is 5.91 Å². The molecule has 1 aromatic heterocycles. The molecule has 2 rings (SSSR count). The molecule has 3 unspecified atom stereocenters. The lowest BCUT2D eigenvalue weighted by Crippen LogP contribution is -2.41. The molecule has 2 aromatic rings. The van der Waals surface area contributed by atoms with Crippen LogP contribution in [0.5, 0.6) is 0 Å². The Labute approximate surface area is 148 Å². The van der Waals surface area contributed by atoms with Crippen LogP contribution in [0.3, 0.4) is 0 Å². The number of carbonyl (C=O) groups is 1. The molecule has 1 heterocycles. The molecule has 1 amide bonds. The van der Waals surface area contributed by atoms with E-state index < -0.39 is 12.1 Å². The smallest absolute Gasteiger partial charge is 0.247 e. The predicted molar refractivity (Wildman–Crippen MR) is 95.6 cm³/mol. The number of rotatable bonds is 8. The molecule has 0 bridgehead atoms. The fraction of sp³-hybridized carbons (Fsp3) is 0.556. The first-order valence-electron chi connectivity index (χ1n) is 8.74. The molecule has 0 aliphatic heterocycles. The average Bonchev–Trinajstić information content (AvgIpc) is 3.09. The van der Waals surface area contributed by atoms with Crippen LogP contribution in [-0.2, 0) is 4.79 Å². The Morgan fingerprint density at radius 2 is 1.92 bits per heavy atom. The van der Waals surface area contributed by atoms with E-state index in [9.17, 15) is 9.90 Å². The fourth-order valence-corrected chi connectivity index (χ4v) is 2.50. The molecule has 2 N–H and O–H groups in total. The molecule has 0 saturated carbocycles. The zero-order valence-electron chi connectivity index (χ0n) is 15.3. The number of aromatic nitrogens is 4. The normalized spacial score (nSPS) is 15.0. The van der Waals surface area contributed by atoms with E-state index in [2.05, 4.69) is 20.7 Å². The fourth-order valence-electron chi connectivity index (χ4n) is 2.50. The quantitative estimate of drug-likeness (QED) is 0.764. The summed E-state index contributed by atoms with van der Waals surface area (Å²) in [6.07, 6.45) is 0.292. The summed E-state index contributed by atoms with van der Waals surface area (Å²) < 4.78 is 0. The highest BCUT2D eigenvalue weighted by atomic mass is 16.3. The van der Waals surface area contributed by atoms with Crippen molar-refractivity contribution in [2.24, 2.45) is 11.8 Å². The van der Waals surface area contributed by atoms with Gasteiger partial charge in [0.15, 0.2) is 6.04 Å². The largest absolute Gasteiger partial charge is 0.391 e. The second-order valence-electron chi connectivity index (χ2n) is 6.69. The zero-order chi connectivity index (χ0) is 18.4. The lowest BCUT2D eigenvalue weighted by molar-refractivity contribution is -0.126. The molecular formula is C18H27N5O2. The number of aliphatic hydroxyl groups is 1. The van der Waals surface area contributed by atoms with Gasteiger partial charge in [0, 0.05) is 12.1 Å². The van der Waals surface area contributed by atoms with Crippen LogP contribution in [0.25, 0.3) is 11.4 Å². The topological polar surface area (TPSA) is 92.9 Å². The van der Waals surface area contributed by atoms with Crippen LogP contribution in [0.4, 0.5) is 0 Å². The average molecular weight is 345 g/mol. The van der Waals surface area contributed by atoms with Crippen LogP contribution in [0.1, 0.15) is 40.2 Å². The lowest BCUT2D eigenvalue weighted by atomic mass is 10.0. The molecule has 3 atom stereocenters. The third kappa shape index (κ3) is 4.85. The van der Waals surface area contributed by atoms with Gasteiger partial charge in [-0.1, -0.05) is 64.4 Å². The van der Waals surface area contributed by atoms with Gasteiger partial charge in [-0.15, -0.1) is 10.2 Å². The first-order valence-corrected chi connectivity index (χ1v) is 8.74. The number of nitrogens with one attached hydrogen (secondary N) is 1. The maximum absolute atomic E-state index is 12.6. The Kier molecular flexibility index (Phi) is 6.64. The van der Waals surface area contributed by atoms with E-state index in [4.69, 9.17) is 0 Å². The van der Waals surface area contributed by atoms with Crippen LogP contribution in [0, 0.1) is 11.8 Å². The molecule has 7 nitrogen and oxygen atoms in total. The molecule has 0 fully saturated rings. The van der Waals surface area contributed by atoms with Gasteiger partial charge < -0.3 is 10.4 Å². The predicted octanol–water partition coefficient (Wildman–Crippen LogP) is 2.06. The summed E-state index contributed by atoms with van der Waals surface area (Å²) in [5, 5.41) is 25.4. The van der Waals surface area contributed by atoms with Crippen molar-refractivity contribution in [3.05, 3.63) is 30.3 Å². The molecule has 0 saturated heterocycles. The number of hydrogen-bond donors (Lipinski definition) is 2. The van der Waals surface area contributed by atoms with Crippen molar-refractivity contribution in [3.8, 4) is 11.4 Å². The molecular weight excluding hydrogens is 318 g/mol. The monoisotopic (exact) mass is 345 g/mol. The number of amides is 1. The van der Waals surface area contributed by atoms with Crippen molar-refractivity contribution in [2.45, 2.75) is 46.3 Å². The summed E-state index contributed by atoms with van der Waals surface area (Å²) in [4.78, 5) is 14.0. The highest BCUT2D eigenvalue weighted by molar-refractivity contribution is 5.80. The van der Waals surface area contributed by atoms with Gasteiger partial charge in [0.25, 0.3) is 0 Å². The summed E-state index contributed by atoms with van der Waals surface area (Å²) in [5.41, 5.74) is 0.851. The maximum Gasteiger partial charge on any atom is 0.247 e. The molecule has 0 spiro atoms. The van der Waals surface area contributed by atoms with E-state index in [1.54, 1.807) is 0 Å². The van der Waals surface area contributed by atoms with Crippen LogP contribution in [0.15, 0.2) is 30.3 Å². The third-order valence-corrected chi connectivity index (χ3v) is 4.40. The Morgan fingerprint density at radius 3 is 2.52 bits per heavy atom. The minimum atomic E-state index is -0.575. The maximum atomic E-state index is 12.6. The van der Waals surface area contributed by atoms with Crippen molar-refractivity contribution in [2.75, 3.05) is 6.54 Å². The zero-order valence-corrected chi connectivity index (χ0v) is 15.3.